The summed E-state index contributed by atoms with van der Waals surface area (Å²) < 4.78 is 0.843. The summed E-state index contributed by atoms with van der Waals surface area (Å²) in [4.78, 5) is 26.3. The van der Waals surface area contributed by atoms with Gasteiger partial charge in [-0.1, -0.05) is 40.4 Å². The lowest BCUT2D eigenvalue weighted by atomic mass is 9.92. The van der Waals surface area contributed by atoms with Crippen LogP contribution in [-0.4, -0.2) is 23.9 Å². The molecule has 2 fully saturated rings. The van der Waals surface area contributed by atoms with Crippen LogP contribution in [0.1, 0.15) is 25.7 Å². The normalized spacial score (nSPS) is 21.4. The van der Waals surface area contributed by atoms with Gasteiger partial charge in [0.2, 0.25) is 5.91 Å². The summed E-state index contributed by atoms with van der Waals surface area (Å²) in [5.41, 5.74) is -0.118. The summed E-state index contributed by atoms with van der Waals surface area (Å²) in [6, 6.07) is 5.33. The minimum atomic E-state index is -0.717. The van der Waals surface area contributed by atoms with Gasteiger partial charge in [0.05, 0.1) is 10.7 Å². The molecule has 1 aromatic carbocycles. The molecule has 6 heteroatoms. The quantitative estimate of drug-likeness (QED) is 0.840. The van der Waals surface area contributed by atoms with Crippen molar-refractivity contribution in [2.75, 3.05) is 11.4 Å². The molecule has 1 aliphatic carbocycles. The van der Waals surface area contributed by atoms with Gasteiger partial charge in [-0.3, -0.25) is 14.5 Å². The number of carbonyl (C=O) groups is 2. The van der Waals surface area contributed by atoms with Gasteiger partial charge in [-0.25, -0.2) is 0 Å². The van der Waals surface area contributed by atoms with E-state index in [-0.39, 0.29) is 18.4 Å². The highest BCUT2D eigenvalue weighted by molar-refractivity contribution is 9.10. The van der Waals surface area contributed by atoms with E-state index in [4.69, 9.17) is 11.6 Å². The van der Waals surface area contributed by atoms with Gasteiger partial charge in [0.15, 0.2) is 0 Å². The Balaban J connectivity index is 1.99. The molecule has 0 bridgehead atoms. The summed E-state index contributed by atoms with van der Waals surface area (Å²) in [5, 5.41) is 3.36. The van der Waals surface area contributed by atoms with Crippen molar-refractivity contribution in [1.29, 1.82) is 0 Å². The lowest BCUT2D eigenvalue weighted by Gasteiger charge is -2.39. The zero-order chi connectivity index (χ0) is 14.3. The van der Waals surface area contributed by atoms with Crippen molar-refractivity contribution in [3.63, 3.8) is 0 Å². The Hall–Kier alpha value is -1.07. The van der Waals surface area contributed by atoms with Gasteiger partial charge < -0.3 is 5.32 Å². The molecule has 1 aromatic rings. The monoisotopic (exact) mass is 356 g/mol. The molecule has 1 aliphatic heterocycles. The third kappa shape index (κ3) is 2.23. The fourth-order valence-electron chi connectivity index (χ4n) is 3.05. The van der Waals surface area contributed by atoms with Crippen molar-refractivity contribution in [3.8, 4) is 0 Å². The molecule has 106 valence electrons. The fourth-order valence-corrected chi connectivity index (χ4v) is 3.82. The van der Waals surface area contributed by atoms with Crippen LogP contribution in [0.3, 0.4) is 0 Å². The number of rotatable bonds is 1. The number of nitrogens with zero attached hydrogens (tertiary/aromatic N) is 1. The van der Waals surface area contributed by atoms with Crippen molar-refractivity contribution in [1.82, 2.24) is 5.32 Å². The maximum Gasteiger partial charge on any atom is 0.253 e. The van der Waals surface area contributed by atoms with Gasteiger partial charge in [0.1, 0.15) is 12.1 Å². The molecule has 3 rings (SSSR count). The van der Waals surface area contributed by atoms with E-state index in [0.717, 1.165) is 17.3 Å². The average Bonchev–Trinajstić information content (AvgIpc) is 2.84. The van der Waals surface area contributed by atoms with E-state index in [1.807, 2.05) is 6.07 Å². The summed E-state index contributed by atoms with van der Waals surface area (Å²) in [5.74, 6) is -0.163. The van der Waals surface area contributed by atoms with Crippen molar-refractivity contribution >= 4 is 45.0 Å². The van der Waals surface area contributed by atoms with Crippen LogP contribution >= 0.6 is 27.5 Å². The molecule has 0 aromatic heterocycles. The van der Waals surface area contributed by atoms with Crippen LogP contribution in [0.2, 0.25) is 5.02 Å². The second-order valence-electron chi connectivity index (χ2n) is 5.32. The van der Waals surface area contributed by atoms with Crippen LogP contribution in [-0.2, 0) is 9.59 Å². The molecule has 20 heavy (non-hydrogen) atoms. The molecule has 1 saturated heterocycles. The Kier molecular flexibility index (Phi) is 3.50. The van der Waals surface area contributed by atoms with Gasteiger partial charge in [-0.15, -0.1) is 0 Å². The second kappa shape index (κ2) is 5.04. The Morgan fingerprint density at radius 1 is 1.25 bits per heavy atom. The van der Waals surface area contributed by atoms with Gasteiger partial charge in [0, 0.05) is 4.47 Å². The largest absolute Gasteiger partial charge is 0.340 e. The number of amides is 2. The highest BCUT2D eigenvalue weighted by Gasteiger charge is 2.48. The molecule has 2 aliphatic rings. The molecular formula is C14H14BrClN2O2. The van der Waals surface area contributed by atoms with E-state index in [1.54, 1.807) is 12.1 Å². The first kappa shape index (κ1) is 13.9. The van der Waals surface area contributed by atoms with Crippen molar-refractivity contribution in [3.05, 3.63) is 27.7 Å². The number of benzene rings is 1. The third-order valence-electron chi connectivity index (χ3n) is 3.99. The summed E-state index contributed by atoms with van der Waals surface area (Å²) in [6.45, 7) is 0.0297. The standard InChI is InChI=1S/C14H14BrClN2O2/c15-9-3-4-11(10(16)7-9)18-8-12(19)17-14(13(18)20)5-1-2-6-14/h3-4,7H,1-2,5-6,8H2,(H,17,19). The number of hydrogen-bond donors (Lipinski definition) is 1. The van der Waals surface area contributed by atoms with Gasteiger partial charge >= 0.3 is 0 Å². The van der Waals surface area contributed by atoms with Crippen molar-refractivity contribution in [2.24, 2.45) is 0 Å². The molecule has 2 amide bonds. The summed E-state index contributed by atoms with van der Waals surface area (Å²) in [7, 11) is 0. The van der Waals surface area contributed by atoms with Crippen LogP contribution in [0.4, 0.5) is 5.69 Å². The first-order valence-electron chi connectivity index (χ1n) is 6.60. The van der Waals surface area contributed by atoms with Crippen LogP contribution < -0.4 is 10.2 Å². The molecule has 1 spiro atoms. The van der Waals surface area contributed by atoms with Crippen LogP contribution in [0, 0.1) is 0 Å². The number of carbonyl (C=O) groups excluding carboxylic acids is 2. The Morgan fingerprint density at radius 2 is 1.95 bits per heavy atom. The fraction of sp³-hybridized carbons (Fsp3) is 0.429. The SMILES string of the molecule is O=C1CN(c2ccc(Br)cc2Cl)C(=O)C2(CCCC2)N1. The maximum atomic E-state index is 12.8. The van der Waals surface area contributed by atoms with Gasteiger partial charge in [-0.05, 0) is 31.0 Å². The first-order chi connectivity index (χ1) is 9.52. The lowest BCUT2D eigenvalue weighted by Crippen LogP contribution is -2.65. The zero-order valence-electron chi connectivity index (χ0n) is 10.8. The van der Waals surface area contributed by atoms with E-state index in [0.29, 0.717) is 23.6 Å². The van der Waals surface area contributed by atoms with Gasteiger partial charge in [-0.2, -0.15) is 0 Å². The molecule has 0 radical (unpaired) electrons. The van der Waals surface area contributed by atoms with Gasteiger partial charge in [0.25, 0.3) is 5.91 Å². The number of nitrogens with one attached hydrogen (secondary N) is 1. The zero-order valence-corrected chi connectivity index (χ0v) is 13.1. The minimum absolute atomic E-state index is 0.0297. The molecule has 0 unspecified atom stereocenters. The molecular weight excluding hydrogens is 344 g/mol. The van der Waals surface area contributed by atoms with E-state index < -0.39 is 5.54 Å². The van der Waals surface area contributed by atoms with E-state index in [2.05, 4.69) is 21.2 Å². The molecule has 1 N–H and O–H groups in total. The van der Waals surface area contributed by atoms with Crippen LogP contribution in [0.25, 0.3) is 0 Å². The van der Waals surface area contributed by atoms with E-state index >= 15 is 0 Å². The molecule has 1 heterocycles. The van der Waals surface area contributed by atoms with Crippen LogP contribution in [0.15, 0.2) is 22.7 Å². The second-order valence-corrected chi connectivity index (χ2v) is 6.65. The topological polar surface area (TPSA) is 49.4 Å². The maximum absolute atomic E-state index is 12.8. The number of hydrogen-bond acceptors (Lipinski definition) is 2. The first-order valence-corrected chi connectivity index (χ1v) is 7.77. The average molecular weight is 358 g/mol. The third-order valence-corrected chi connectivity index (χ3v) is 4.79. The Bertz CT molecular complexity index is 585. The summed E-state index contributed by atoms with van der Waals surface area (Å²) >= 11 is 9.56. The highest BCUT2D eigenvalue weighted by atomic mass is 79.9. The molecule has 1 saturated carbocycles. The Labute approximate surface area is 130 Å². The molecule has 0 atom stereocenters. The summed E-state index contributed by atoms with van der Waals surface area (Å²) in [6.07, 6.45) is 3.35. The number of halogens is 2. The predicted molar refractivity (Wildman–Crippen MR) is 80.8 cm³/mol. The smallest absolute Gasteiger partial charge is 0.253 e. The lowest BCUT2D eigenvalue weighted by molar-refractivity contribution is -0.135. The highest BCUT2D eigenvalue weighted by Crippen LogP contribution is 2.37. The molecule has 4 nitrogen and oxygen atoms in total. The van der Waals surface area contributed by atoms with Crippen molar-refractivity contribution in [2.45, 2.75) is 31.2 Å². The number of piperazine rings is 1. The predicted octanol–water partition coefficient (Wildman–Crippen LogP) is 2.88. The van der Waals surface area contributed by atoms with Crippen LogP contribution in [0.5, 0.6) is 0 Å². The minimum Gasteiger partial charge on any atom is -0.340 e. The Morgan fingerprint density at radius 3 is 2.60 bits per heavy atom. The van der Waals surface area contributed by atoms with E-state index in [9.17, 15) is 9.59 Å². The van der Waals surface area contributed by atoms with Crippen molar-refractivity contribution < 1.29 is 9.59 Å². The number of anilines is 1. The van der Waals surface area contributed by atoms with E-state index in [1.165, 1.54) is 4.90 Å².